The zero-order chi connectivity index (χ0) is 29.4. The van der Waals surface area contributed by atoms with E-state index in [0.717, 1.165) is 17.8 Å². The molecule has 3 unspecified atom stereocenters. The Bertz CT molecular complexity index is 439. The van der Waals surface area contributed by atoms with Crippen LogP contribution in [0.1, 0.15) is 240 Å². The molecule has 0 aromatic rings. The Morgan fingerprint density at radius 3 is 0.625 bits per heavy atom. The fourth-order valence-corrected chi connectivity index (χ4v) is 6.73. The first-order valence-corrected chi connectivity index (χ1v) is 19.6. The van der Waals surface area contributed by atoms with Gasteiger partial charge < -0.3 is 0 Å². The van der Waals surface area contributed by atoms with Crippen molar-refractivity contribution < 1.29 is 0 Å². The van der Waals surface area contributed by atoms with Crippen LogP contribution in [0, 0.1) is 17.8 Å². The Hall–Kier alpha value is 0. The van der Waals surface area contributed by atoms with Crippen LogP contribution in [0.3, 0.4) is 0 Å². The lowest BCUT2D eigenvalue weighted by molar-refractivity contribution is 0.373. The minimum Gasteiger partial charge on any atom is -0.0654 e. The van der Waals surface area contributed by atoms with Crippen LogP contribution in [-0.2, 0) is 0 Å². The molecule has 0 fully saturated rings. The molecule has 0 heterocycles. The van der Waals surface area contributed by atoms with Crippen molar-refractivity contribution >= 4 is 0 Å². The summed E-state index contributed by atoms with van der Waals surface area (Å²) in [7, 11) is 0. The van der Waals surface area contributed by atoms with Crippen LogP contribution in [0.2, 0.25) is 0 Å². The molecule has 0 rings (SSSR count). The molecule has 0 radical (unpaired) electrons. The molecule has 0 aliphatic heterocycles. The summed E-state index contributed by atoms with van der Waals surface area (Å²) in [6.07, 6.45) is 47.0. The predicted octanol–water partition coefficient (Wildman–Crippen LogP) is 15.4. The molecule has 0 amide bonds. The summed E-state index contributed by atoms with van der Waals surface area (Å²) >= 11 is 0. The van der Waals surface area contributed by atoms with Gasteiger partial charge in [0.25, 0.3) is 0 Å². The van der Waals surface area contributed by atoms with Crippen molar-refractivity contribution in [3.05, 3.63) is 0 Å². The van der Waals surface area contributed by atoms with E-state index >= 15 is 0 Å². The van der Waals surface area contributed by atoms with Gasteiger partial charge in [0, 0.05) is 0 Å². The molecule has 0 saturated heterocycles. The molecule has 0 saturated carbocycles. The van der Waals surface area contributed by atoms with Crippen LogP contribution in [0.5, 0.6) is 0 Å². The third-order valence-corrected chi connectivity index (χ3v) is 9.89. The van der Waals surface area contributed by atoms with Gasteiger partial charge in [-0.3, -0.25) is 0 Å². The monoisotopic (exact) mass is 563 g/mol. The van der Waals surface area contributed by atoms with E-state index in [1.54, 1.807) is 0 Å². The maximum Gasteiger partial charge on any atom is -0.0443 e. The first-order chi connectivity index (χ1) is 19.6. The van der Waals surface area contributed by atoms with E-state index in [9.17, 15) is 0 Å². The molecular weight excluding hydrogens is 480 g/mol. The third-order valence-electron chi connectivity index (χ3n) is 9.89. The van der Waals surface area contributed by atoms with Gasteiger partial charge in [0.2, 0.25) is 0 Å². The molecule has 0 nitrogen and oxygen atoms in total. The molecule has 0 aliphatic carbocycles. The Morgan fingerprint density at radius 2 is 0.400 bits per heavy atom. The SMILES string of the molecule is CCCCCCCCCCCCCCCCCCCCC(C)CCCC(C)CCCC(C)CCCCCCCC. The lowest BCUT2D eigenvalue weighted by atomic mass is 9.90. The highest BCUT2D eigenvalue weighted by molar-refractivity contribution is 4.61. The second-order valence-electron chi connectivity index (χ2n) is 14.5. The number of hydrogen-bond donors (Lipinski definition) is 0. The predicted molar refractivity (Wildman–Crippen MR) is 187 cm³/mol. The topological polar surface area (TPSA) is 0 Å². The first kappa shape index (κ1) is 40.0. The highest BCUT2D eigenvalue weighted by atomic mass is 14.1. The van der Waals surface area contributed by atoms with E-state index < -0.39 is 0 Å². The zero-order valence-corrected chi connectivity index (χ0v) is 29.4. The summed E-state index contributed by atoms with van der Waals surface area (Å²) in [4.78, 5) is 0. The fourth-order valence-electron chi connectivity index (χ4n) is 6.73. The van der Waals surface area contributed by atoms with Crippen molar-refractivity contribution in [2.24, 2.45) is 17.8 Å². The Balaban J connectivity index is 3.32. The van der Waals surface area contributed by atoms with Gasteiger partial charge in [-0.05, 0) is 17.8 Å². The number of rotatable bonds is 34. The van der Waals surface area contributed by atoms with Crippen molar-refractivity contribution in [1.82, 2.24) is 0 Å². The summed E-state index contributed by atoms with van der Waals surface area (Å²) in [5.74, 6) is 2.84. The zero-order valence-electron chi connectivity index (χ0n) is 29.4. The normalized spacial score (nSPS) is 14.0. The molecule has 0 heteroatoms. The minimum atomic E-state index is 0.943. The number of unbranched alkanes of at least 4 members (excludes halogenated alkanes) is 22. The van der Waals surface area contributed by atoms with Gasteiger partial charge in [0.15, 0.2) is 0 Å². The maximum absolute atomic E-state index is 2.52. The molecule has 0 bridgehead atoms. The van der Waals surface area contributed by atoms with E-state index in [-0.39, 0.29) is 0 Å². The van der Waals surface area contributed by atoms with Crippen LogP contribution in [-0.4, -0.2) is 0 Å². The second-order valence-corrected chi connectivity index (χ2v) is 14.5. The lowest BCUT2D eigenvalue weighted by Crippen LogP contribution is -2.01. The van der Waals surface area contributed by atoms with Crippen molar-refractivity contribution in [3.8, 4) is 0 Å². The standard InChI is InChI=1S/C40H82/c1-6-8-10-12-14-15-16-17-18-19-20-21-22-23-24-25-27-29-33-39(4)35-31-37-40(5)36-30-34-38(3)32-28-26-13-11-9-7-2/h38-40H,6-37H2,1-5H3. The van der Waals surface area contributed by atoms with Crippen LogP contribution < -0.4 is 0 Å². The van der Waals surface area contributed by atoms with Gasteiger partial charge in [-0.25, -0.2) is 0 Å². The van der Waals surface area contributed by atoms with E-state index in [2.05, 4.69) is 34.6 Å². The largest absolute Gasteiger partial charge is 0.0654 e. The van der Waals surface area contributed by atoms with E-state index in [1.165, 1.54) is 205 Å². The van der Waals surface area contributed by atoms with Gasteiger partial charge >= 0.3 is 0 Å². The smallest absolute Gasteiger partial charge is 0.0443 e. The molecule has 0 spiro atoms. The van der Waals surface area contributed by atoms with Gasteiger partial charge in [0.1, 0.15) is 0 Å². The van der Waals surface area contributed by atoms with Crippen LogP contribution >= 0.6 is 0 Å². The summed E-state index contributed by atoms with van der Waals surface area (Å²) in [6, 6.07) is 0. The average molecular weight is 563 g/mol. The van der Waals surface area contributed by atoms with Gasteiger partial charge in [-0.2, -0.15) is 0 Å². The molecule has 40 heavy (non-hydrogen) atoms. The van der Waals surface area contributed by atoms with Crippen LogP contribution in [0.4, 0.5) is 0 Å². The fraction of sp³-hybridized carbons (Fsp3) is 1.00. The van der Waals surface area contributed by atoms with E-state index in [1.807, 2.05) is 0 Å². The van der Waals surface area contributed by atoms with Gasteiger partial charge in [0.05, 0.1) is 0 Å². The average Bonchev–Trinajstić information content (AvgIpc) is 2.94. The Labute approximate surface area is 257 Å². The van der Waals surface area contributed by atoms with Crippen molar-refractivity contribution in [3.63, 3.8) is 0 Å². The molecule has 3 atom stereocenters. The summed E-state index contributed by atoms with van der Waals surface area (Å²) in [5.41, 5.74) is 0. The molecule has 0 aliphatic rings. The van der Waals surface area contributed by atoms with Gasteiger partial charge in [-0.1, -0.05) is 240 Å². The third kappa shape index (κ3) is 32.5. The molecule has 0 aromatic heterocycles. The second kappa shape index (κ2) is 33.5. The molecule has 0 N–H and O–H groups in total. The molecular formula is C40H82. The highest BCUT2D eigenvalue weighted by Gasteiger charge is 2.08. The van der Waals surface area contributed by atoms with Crippen molar-refractivity contribution in [2.75, 3.05) is 0 Å². The number of hydrogen-bond acceptors (Lipinski definition) is 0. The van der Waals surface area contributed by atoms with Crippen molar-refractivity contribution in [1.29, 1.82) is 0 Å². The van der Waals surface area contributed by atoms with E-state index in [4.69, 9.17) is 0 Å². The maximum atomic E-state index is 2.52. The summed E-state index contributed by atoms with van der Waals surface area (Å²) in [6.45, 7) is 12.2. The first-order valence-electron chi connectivity index (χ1n) is 19.6. The highest BCUT2D eigenvalue weighted by Crippen LogP contribution is 2.23. The molecule has 242 valence electrons. The lowest BCUT2D eigenvalue weighted by Gasteiger charge is -2.16. The van der Waals surface area contributed by atoms with Crippen LogP contribution in [0.25, 0.3) is 0 Å². The summed E-state index contributed by atoms with van der Waals surface area (Å²) in [5, 5.41) is 0. The Morgan fingerprint density at radius 1 is 0.225 bits per heavy atom. The Kier molecular flexibility index (Phi) is 33.5. The van der Waals surface area contributed by atoms with Crippen molar-refractivity contribution in [2.45, 2.75) is 240 Å². The van der Waals surface area contributed by atoms with Gasteiger partial charge in [-0.15, -0.1) is 0 Å². The van der Waals surface area contributed by atoms with Crippen LogP contribution in [0.15, 0.2) is 0 Å². The molecule has 0 aromatic carbocycles. The summed E-state index contributed by atoms with van der Waals surface area (Å²) < 4.78 is 0. The quantitative estimate of drug-likeness (QED) is 0.0684. The minimum absolute atomic E-state index is 0.943. The van der Waals surface area contributed by atoms with E-state index in [0.29, 0.717) is 0 Å².